The van der Waals surface area contributed by atoms with E-state index in [1.165, 1.54) is 33.6 Å². The number of benzene rings is 3. The Hall–Kier alpha value is -7.82. The summed E-state index contributed by atoms with van der Waals surface area (Å²) >= 11 is 0. The standard InChI is InChI=1S/C59H70N10O7S.O3S/c1-7-8-11-29-67-46-18-10-9-17-44(46)58(3,4)49(67)27-22-38-15-14-16-39(23-28-50-59(5,6)45-32-37(2)19-26-47(45)68(50)30-12-13-31-77(74,75)76)51(38)63-42-33-48(56(72)73)69(36-42)55(71)40-20-24-41(25-21-40)61-34-43-35-62-53-52(64-43)54(70)66-57(60)65-53;1-4(2)3/h9-10,17-28,32,35,42,48H,7-8,11-16,29-31,33-34,36H2,1-6H3,(H6,60,61,62,65,66,70,71,72,73,74,75,76);/p+1/t42?,48-;/m0./s1. The van der Waals surface area contributed by atoms with Gasteiger partial charge in [-0.2, -0.15) is 18.0 Å². The van der Waals surface area contributed by atoms with Crippen molar-refractivity contribution < 1.29 is 44.9 Å². The van der Waals surface area contributed by atoms with Gasteiger partial charge in [-0.05, 0) is 112 Å². The van der Waals surface area contributed by atoms with Crippen molar-refractivity contribution in [2.24, 2.45) is 0 Å². The average Bonchev–Trinajstić information content (AvgIpc) is 4.16. The molecule has 1 fully saturated rings. The zero-order valence-corrected chi connectivity index (χ0v) is 48.2. The quantitative estimate of drug-likeness (QED) is 0.0259. The summed E-state index contributed by atoms with van der Waals surface area (Å²) < 4.78 is 60.7. The molecule has 22 heteroatoms. The van der Waals surface area contributed by atoms with Crippen molar-refractivity contribution in [3.63, 3.8) is 0 Å². The number of rotatable bonds is 19. The summed E-state index contributed by atoms with van der Waals surface area (Å²) in [7, 11) is -7.20. The zero-order valence-electron chi connectivity index (χ0n) is 46.5. The first kappa shape index (κ1) is 59.3. The third-order valence-corrected chi connectivity index (χ3v) is 16.4. The number of amides is 1. The molecule has 9 rings (SSSR count). The number of para-hydroxylation sites is 1. The number of aliphatic carboxylic acids is 1. The van der Waals surface area contributed by atoms with Gasteiger partial charge >= 0.3 is 16.6 Å². The van der Waals surface area contributed by atoms with Crippen molar-refractivity contribution in [1.82, 2.24) is 30.2 Å². The van der Waals surface area contributed by atoms with Crippen LogP contribution in [0.25, 0.3) is 11.2 Å². The van der Waals surface area contributed by atoms with Gasteiger partial charge in [-0.1, -0.05) is 75.2 Å². The number of aryl methyl sites for hydroxylation is 1. The fourth-order valence-corrected chi connectivity index (χ4v) is 12.1. The molecule has 0 radical (unpaired) electrons. The van der Waals surface area contributed by atoms with Crippen molar-refractivity contribution in [2.75, 3.05) is 41.3 Å². The molecule has 5 aromatic rings. The Kier molecular flexibility index (Phi) is 18.2. The van der Waals surface area contributed by atoms with Crippen molar-refractivity contribution in [3.05, 3.63) is 158 Å². The van der Waals surface area contributed by atoms with Gasteiger partial charge in [0.2, 0.25) is 11.6 Å². The van der Waals surface area contributed by atoms with E-state index in [4.69, 9.17) is 18.4 Å². The van der Waals surface area contributed by atoms with Crippen LogP contribution in [-0.2, 0) is 42.9 Å². The van der Waals surface area contributed by atoms with E-state index in [0.717, 1.165) is 78.9 Å². The minimum Gasteiger partial charge on any atom is -0.480 e. The van der Waals surface area contributed by atoms with Crippen LogP contribution >= 0.6 is 0 Å². The van der Waals surface area contributed by atoms with Gasteiger partial charge in [-0.25, -0.2) is 14.8 Å². The number of nitrogens with zero attached hydrogens (tertiary/aromatic N) is 6. The normalized spacial score (nSPS) is 19.3. The molecule has 7 N–H and O–H groups in total. The second kappa shape index (κ2) is 24.9. The van der Waals surface area contributed by atoms with Gasteiger partial charge < -0.3 is 31.3 Å². The summed E-state index contributed by atoms with van der Waals surface area (Å²) in [5.74, 6) is -1.82. The lowest BCUT2D eigenvalue weighted by Gasteiger charge is -2.28. The Bertz CT molecular complexity index is 3700. The van der Waals surface area contributed by atoms with E-state index >= 15 is 0 Å². The van der Waals surface area contributed by atoms with E-state index in [-0.39, 0.29) is 47.8 Å². The fraction of sp³-hybridized carbons (Fsp3) is 0.407. The molecule has 0 spiro atoms. The molecule has 428 valence electrons. The molecule has 4 aliphatic rings. The SMILES string of the molecule is CCCCC[N+]1=C(C=CC2=C(NC3C[C@@H](C(=O)O)N(C(=O)c4ccc(NCc5cnc6nc(N)[nH]c(=O)c6n5)cc4)C3)C(=CC=C3N(CCCCS(=O)(=O)O)c4ccc(C)cc4C3(C)C)CCC2)C(C)(C)c2ccccc21.O=S(=O)=O. The van der Waals surface area contributed by atoms with E-state index in [0.29, 0.717) is 36.3 Å². The molecule has 1 aliphatic carbocycles. The van der Waals surface area contributed by atoms with E-state index in [1.807, 2.05) is 0 Å². The van der Waals surface area contributed by atoms with Crippen LogP contribution in [-0.4, -0.2) is 115 Å². The summed E-state index contributed by atoms with van der Waals surface area (Å²) in [5.41, 5.74) is 17.5. The molecule has 81 heavy (non-hydrogen) atoms. The number of nitrogen functional groups attached to an aromatic ring is 1. The Morgan fingerprint density at radius 2 is 1.68 bits per heavy atom. The second-order valence-corrected chi connectivity index (χ2v) is 24.0. The molecule has 0 bridgehead atoms. The number of hydrogen-bond acceptors (Lipinski definition) is 15. The Morgan fingerprint density at radius 3 is 2.40 bits per heavy atom. The van der Waals surface area contributed by atoms with E-state index in [2.05, 4.69) is 148 Å². The number of unbranched alkanes of at least 4 members (excludes halogenated alkanes) is 3. The minimum absolute atomic E-state index is 0.0478. The van der Waals surface area contributed by atoms with Crippen LogP contribution in [0.3, 0.4) is 0 Å². The molecular weight excluding hydrogens is 1070 g/mol. The van der Waals surface area contributed by atoms with Crippen LogP contribution in [0.5, 0.6) is 0 Å². The molecule has 3 aliphatic heterocycles. The average molecular weight is 1140 g/mol. The lowest BCUT2D eigenvalue weighted by atomic mass is 9.81. The lowest BCUT2D eigenvalue weighted by Crippen LogP contribution is -2.41. The largest absolute Gasteiger partial charge is 0.480 e. The van der Waals surface area contributed by atoms with Crippen LogP contribution < -0.4 is 26.8 Å². The second-order valence-electron chi connectivity index (χ2n) is 22.0. The number of nitrogens with one attached hydrogen (secondary N) is 3. The molecule has 2 atom stereocenters. The van der Waals surface area contributed by atoms with Gasteiger partial charge in [0.15, 0.2) is 16.9 Å². The number of H-pyrrole nitrogens is 1. The predicted octanol–water partition coefficient (Wildman–Crippen LogP) is 8.01. The van der Waals surface area contributed by atoms with Crippen LogP contribution in [0.4, 0.5) is 23.0 Å². The van der Waals surface area contributed by atoms with Gasteiger partial charge in [0, 0.05) is 83.4 Å². The third kappa shape index (κ3) is 13.7. The number of hydrogen-bond donors (Lipinski definition) is 6. The molecule has 5 heterocycles. The number of carboxylic acids is 1. The maximum atomic E-state index is 14.4. The van der Waals surface area contributed by atoms with Crippen molar-refractivity contribution >= 4 is 72.5 Å². The summed E-state index contributed by atoms with van der Waals surface area (Å²) in [6, 6.07) is 20.5. The number of nitrogens with two attached hydrogens (primary N) is 1. The third-order valence-electron chi connectivity index (χ3n) is 15.6. The number of aromatic nitrogens is 4. The van der Waals surface area contributed by atoms with Crippen LogP contribution in [0.15, 0.2) is 125 Å². The highest BCUT2D eigenvalue weighted by molar-refractivity contribution is 7.85. The Labute approximate surface area is 473 Å². The number of anilines is 3. The smallest absolute Gasteiger partial charge is 0.425 e. The topological polar surface area (TPSA) is 291 Å². The summed E-state index contributed by atoms with van der Waals surface area (Å²) in [6.07, 6.45) is 17.2. The minimum atomic E-state index is -4.09. The number of likely N-dealkylation sites (tertiary alicyclic amines) is 1. The van der Waals surface area contributed by atoms with E-state index in [1.54, 1.807) is 24.3 Å². The van der Waals surface area contributed by atoms with Crippen LogP contribution in [0, 0.1) is 6.92 Å². The Morgan fingerprint density at radius 1 is 0.938 bits per heavy atom. The summed E-state index contributed by atoms with van der Waals surface area (Å²) in [4.78, 5) is 58.7. The van der Waals surface area contributed by atoms with E-state index < -0.39 is 55.7 Å². The first-order chi connectivity index (χ1) is 38.5. The number of aromatic amines is 1. The first-order valence-electron chi connectivity index (χ1n) is 27.3. The maximum Gasteiger partial charge on any atom is 0.425 e. The zero-order chi connectivity index (χ0) is 58.4. The fourth-order valence-electron chi connectivity index (χ4n) is 11.5. The van der Waals surface area contributed by atoms with Gasteiger partial charge in [-0.3, -0.25) is 19.1 Å². The number of carbonyl (C=O) groups excluding carboxylic acids is 1. The number of carboxylic acid groups (broad SMARTS) is 1. The molecule has 1 unspecified atom stereocenters. The van der Waals surface area contributed by atoms with Crippen LogP contribution in [0.1, 0.15) is 125 Å². The van der Waals surface area contributed by atoms with Crippen molar-refractivity contribution in [2.45, 2.75) is 129 Å². The number of carbonyl (C=O) groups is 2. The molecule has 3 aromatic carbocycles. The van der Waals surface area contributed by atoms with Gasteiger partial charge in [0.25, 0.3) is 21.6 Å². The molecular formula is C59H71N10O10S2+. The monoisotopic (exact) mass is 1140 g/mol. The van der Waals surface area contributed by atoms with Crippen molar-refractivity contribution in [1.29, 1.82) is 0 Å². The summed E-state index contributed by atoms with van der Waals surface area (Å²) in [5, 5.41) is 17.8. The maximum absolute atomic E-state index is 14.4. The summed E-state index contributed by atoms with van der Waals surface area (Å²) in [6.45, 7) is 15.2. The lowest BCUT2D eigenvalue weighted by molar-refractivity contribution is -0.438. The first-order valence-corrected chi connectivity index (χ1v) is 29.9. The number of fused-ring (bicyclic) bond motifs is 3. The molecule has 0 saturated carbocycles. The number of allylic oxidation sites excluding steroid dienone is 7. The van der Waals surface area contributed by atoms with Crippen LogP contribution in [0.2, 0.25) is 0 Å². The Balaban J connectivity index is 0.00000208. The highest BCUT2D eigenvalue weighted by Gasteiger charge is 2.45. The molecule has 1 saturated heterocycles. The molecule has 1 amide bonds. The molecule has 2 aromatic heterocycles. The highest BCUT2D eigenvalue weighted by atomic mass is 32.2. The molecule has 20 nitrogen and oxygen atoms in total. The highest BCUT2D eigenvalue weighted by Crippen LogP contribution is 2.49. The predicted molar refractivity (Wildman–Crippen MR) is 312 cm³/mol. The van der Waals surface area contributed by atoms with E-state index in [9.17, 15) is 32.5 Å². The van der Waals surface area contributed by atoms with Gasteiger partial charge in [0.1, 0.15) is 12.6 Å². The van der Waals surface area contributed by atoms with Gasteiger partial charge in [0.05, 0.1) is 29.6 Å². The van der Waals surface area contributed by atoms with Crippen molar-refractivity contribution in [3.8, 4) is 0 Å². The van der Waals surface area contributed by atoms with Gasteiger partial charge in [-0.15, -0.1) is 12.6 Å².